The summed E-state index contributed by atoms with van der Waals surface area (Å²) in [5.74, 6) is -1.17. The normalized spacial score (nSPS) is 22.5. The third-order valence-corrected chi connectivity index (χ3v) is 4.78. The highest BCUT2D eigenvalue weighted by atomic mass is 16.5. The molecule has 1 aliphatic carbocycles. The predicted molar refractivity (Wildman–Crippen MR) is 97.0 cm³/mol. The van der Waals surface area contributed by atoms with Crippen LogP contribution in [0.2, 0.25) is 0 Å². The predicted octanol–water partition coefficient (Wildman–Crippen LogP) is 3.07. The number of hydrogen-bond donors (Lipinski definition) is 0. The van der Waals surface area contributed by atoms with E-state index < -0.39 is 17.9 Å². The minimum atomic E-state index is -0.453. The lowest BCUT2D eigenvalue weighted by Gasteiger charge is -2.39. The lowest BCUT2D eigenvalue weighted by Crippen LogP contribution is -2.37. The molecule has 0 bridgehead atoms. The lowest BCUT2D eigenvalue weighted by atomic mass is 9.65. The Morgan fingerprint density at radius 3 is 2.12 bits per heavy atom. The molecular formula is C20H30O6. The Labute approximate surface area is 155 Å². The van der Waals surface area contributed by atoms with E-state index in [1.165, 1.54) is 21.0 Å². The fourth-order valence-corrected chi connectivity index (χ4v) is 3.47. The molecule has 146 valence electrons. The van der Waals surface area contributed by atoms with Gasteiger partial charge in [0.25, 0.3) is 0 Å². The molecule has 0 radical (unpaired) electrons. The summed E-state index contributed by atoms with van der Waals surface area (Å²) in [6.07, 6.45) is 3.60. The molecule has 0 aliphatic heterocycles. The molecule has 0 unspecified atom stereocenters. The van der Waals surface area contributed by atoms with Gasteiger partial charge in [0.2, 0.25) is 0 Å². The van der Waals surface area contributed by atoms with Crippen molar-refractivity contribution in [2.24, 2.45) is 23.7 Å². The van der Waals surface area contributed by atoms with Crippen LogP contribution in [0.3, 0.4) is 0 Å². The highest BCUT2D eigenvalue weighted by Gasteiger charge is 2.40. The fourth-order valence-electron chi connectivity index (χ4n) is 3.47. The van der Waals surface area contributed by atoms with Crippen molar-refractivity contribution in [3.8, 4) is 0 Å². The molecule has 6 heteroatoms. The number of hydrogen-bond acceptors (Lipinski definition) is 6. The van der Waals surface area contributed by atoms with Gasteiger partial charge in [-0.05, 0) is 30.6 Å². The summed E-state index contributed by atoms with van der Waals surface area (Å²) in [5, 5.41) is 0. The van der Waals surface area contributed by atoms with Crippen LogP contribution in [0.4, 0.5) is 0 Å². The molecule has 1 rings (SSSR count). The van der Waals surface area contributed by atoms with Crippen LogP contribution in [0, 0.1) is 23.7 Å². The summed E-state index contributed by atoms with van der Waals surface area (Å²) in [7, 11) is 1.37. The van der Waals surface area contributed by atoms with Crippen LogP contribution < -0.4 is 0 Å². The van der Waals surface area contributed by atoms with Gasteiger partial charge in [-0.3, -0.25) is 14.4 Å². The third-order valence-electron chi connectivity index (χ3n) is 4.78. The van der Waals surface area contributed by atoms with Crippen molar-refractivity contribution in [3.05, 3.63) is 23.8 Å². The van der Waals surface area contributed by atoms with Gasteiger partial charge >= 0.3 is 17.9 Å². The van der Waals surface area contributed by atoms with Gasteiger partial charge < -0.3 is 14.2 Å². The Balaban J connectivity index is 3.22. The first-order chi connectivity index (χ1) is 12.2. The van der Waals surface area contributed by atoms with Crippen molar-refractivity contribution in [3.63, 3.8) is 0 Å². The van der Waals surface area contributed by atoms with Gasteiger partial charge in [0.1, 0.15) is 13.2 Å². The Morgan fingerprint density at radius 1 is 1.15 bits per heavy atom. The zero-order valence-corrected chi connectivity index (χ0v) is 16.4. The monoisotopic (exact) mass is 366 g/mol. The van der Waals surface area contributed by atoms with E-state index in [0.29, 0.717) is 11.5 Å². The summed E-state index contributed by atoms with van der Waals surface area (Å²) in [6, 6.07) is 0. The van der Waals surface area contributed by atoms with Gasteiger partial charge in [0.15, 0.2) is 0 Å². The molecule has 0 aromatic carbocycles. The second kappa shape index (κ2) is 10.1. The first-order valence-electron chi connectivity index (χ1n) is 8.89. The smallest absolute Gasteiger partial charge is 0.313 e. The molecule has 1 fully saturated rings. The number of carbonyl (C=O) groups excluding carboxylic acids is 3. The van der Waals surface area contributed by atoms with E-state index in [0.717, 1.165) is 18.4 Å². The average molecular weight is 366 g/mol. The highest BCUT2D eigenvalue weighted by Crippen LogP contribution is 2.43. The van der Waals surface area contributed by atoms with E-state index in [4.69, 9.17) is 14.2 Å². The molecule has 26 heavy (non-hydrogen) atoms. The maximum atomic E-state index is 12.4. The minimum absolute atomic E-state index is 0.0182. The molecule has 1 saturated carbocycles. The lowest BCUT2D eigenvalue weighted by molar-refractivity contribution is -0.147. The summed E-state index contributed by atoms with van der Waals surface area (Å²) in [5.41, 5.74) is 1.49. The number of ether oxygens (including phenoxy) is 3. The molecule has 3 atom stereocenters. The topological polar surface area (TPSA) is 78.9 Å². The highest BCUT2D eigenvalue weighted by molar-refractivity contribution is 5.76. The Hall–Kier alpha value is -2.11. The molecule has 1 aliphatic rings. The van der Waals surface area contributed by atoms with E-state index in [1.54, 1.807) is 0 Å². The molecule has 0 aromatic heterocycles. The summed E-state index contributed by atoms with van der Waals surface area (Å²) in [6.45, 7) is 11.0. The third kappa shape index (κ3) is 6.32. The van der Waals surface area contributed by atoms with Crippen LogP contribution >= 0.6 is 0 Å². The van der Waals surface area contributed by atoms with E-state index >= 15 is 0 Å². The van der Waals surface area contributed by atoms with Gasteiger partial charge in [0, 0.05) is 19.4 Å². The molecule has 0 amide bonds. The standard InChI is InChI=1S/C20H30O6/c1-12(2)17-8-7-13(3)19(20(23)24-6)18(17)9-16(10-25-14(4)21)11-26-15(5)22/h9,12,17-19H,3,7-8,10-11H2,1-2,4-6H3/t17-,18-,19-/m1/s1. The van der Waals surface area contributed by atoms with E-state index in [9.17, 15) is 14.4 Å². The zero-order valence-electron chi connectivity index (χ0n) is 16.4. The second-order valence-corrected chi connectivity index (χ2v) is 7.07. The fraction of sp³-hybridized carbons (Fsp3) is 0.650. The van der Waals surface area contributed by atoms with E-state index in [-0.39, 0.29) is 31.0 Å². The second-order valence-electron chi connectivity index (χ2n) is 7.07. The van der Waals surface area contributed by atoms with Crippen LogP contribution in [-0.4, -0.2) is 38.2 Å². The first-order valence-corrected chi connectivity index (χ1v) is 8.89. The van der Waals surface area contributed by atoms with Gasteiger partial charge in [-0.15, -0.1) is 0 Å². The van der Waals surface area contributed by atoms with Crippen molar-refractivity contribution in [2.75, 3.05) is 20.3 Å². The van der Waals surface area contributed by atoms with Crippen LogP contribution in [0.25, 0.3) is 0 Å². The van der Waals surface area contributed by atoms with Gasteiger partial charge in [-0.25, -0.2) is 0 Å². The molecule has 0 heterocycles. The number of esters is 3. The van der Waals surface area contributed by atoms with Crippen molar-refractivity contribution >= 4 is 17.9 Å². The van der Waals surface area contributed by atoms with Crippen molar-refractivity contribution in [1.29, 1.82) is 0 Å². The maximum Gasteiger partial charge on any atom is 0.313 e. The number of carbonyl (C=O) groups is 3. The minimum Gasteiger partial charge on any atom is -0.469 e. The molecular weight excluding hydrogens is 336 g/mol. The molecule has 0 saturated heterocycles. The first kappa shape index (κ1) is 21.9. The number of rotatable bonds is 7. The molecule has 6 nitrogen and oxygen atoms in total. The van der Waals surface area contributed by atoms with Crippen LogP contribution in [-0.2, 0) is 28.6 Å². The summed E-state index contributed by atoms with van der Waals surface area (Å²) in [4.78, 5) is 34.7. The zero-order chi connectivity index (χ0) is 19.9. The van der Waals surface area contributed by atoms with Crippen molar-refractivity contribution < 1.29 is 28.6 Å². The van der Waals surface area contributed by atoms with Gasteiger partial charge in [0.05, 0.1) is 13.0 Å². The van der Waals surface area contributed by atoms with E-state index in [1.807, 2.05) is 6.08 Å². The molecule has 0 spiro atoms. The Bertz CT molecular complexity index is 547. The maximum absolute atomic E-state index is 12.4. The number of allylic oxidation sites excluding steroid dienone is 1. The van der Waals surface area contributed by atoms with E-state index in [2.05, 4.69) is 20.4 Å². The molecule has 0 aromatic rings. The summed E-state index contributed by atoms with van der Waals surface area (Å²) < 4.78 is 15.2. The number of methoxy groups -OCH3 is 1. The van der Waals surface area contributed by atoms with Crippen molar-refractivity contribution in [1.82, 2.24) is 0 Å². The average Bonchev–Trinajstić information content (AvgIpc) is 2.56. The van der Waals surface area contributed by atoms with Crippen LogP contribution in [0.5, 0.6) is 0 Å². The van der Waals surface area contributed by atoms with Gasteiger partial charge in [-0.1, -0.05) is 32.1 Å². The SMILES string of the molecule is C=C1CC[C@H](C(C)C)[C@@H](C=C(COC(C)=O)COC(C)=O)[C@@H]1C(=O)OC. The molecule has 0 N–H and O–H groups in total. The Morgan fingerprint density at radius 2 is 1.69 bits per heavy atom. The van der Waals surface area contributed by atoms with Gasteiger partial charge in [-0.2, -0.15) is 0 Å². The summed E-state index contributed by atoms with van der Waals surface area (Å²) >= 11 is 0. The van der Waals surface area contributed by atoms with Crippen molar-refractivity contribution in [2.45, 2.75) is 40.5 Å². The largest absolute Gasteiger partial charge is 0.469 e. The van der Waals surface area contributed by atoms with Crippen LogP contribution in [0.15, 0.2) is 23.8 Å². The quantitative estimate of drug-likeness (QED) is 0.391. The van der Waals surface area contributed by atoms with Crippen LogP contribution in [0.1, 0.15) is 40.5 Å². The Kier molecular flexibility index (Phi) is 8.55.